The molecule has 4 heteroatoms. The fourth-order valence-electron chi connectivity index (χ4n) is 2.14. The van der Waals surface area contributed by atoms with E-state index in [9.17, 15) is 4.39 Å². The minimum atomic E-state index is -0.821. The Morgan fingerprint density at radius 3 is 2.61 bits per heavy atom. The number of benzene rings is 1. The molecule has 0 aliphatic carbocycles. The van der Waals surface area contributed by atoms with E-state index >= 15 is 0 Å². The van der Waals surface area contributed by atoms with Crippen molar-refractivity contribution < 1.29 is 4.39 Å². The number of rotatable bonds is 4. The van der Waals surface area contributed by atoms with Crippen LogP contribution in [0.3, 0.4) is 0 Å². The zero-order chi connectivity index (χ0) is 13.2. The van der Waals surface area contributed by atoms with Gasteiger partial charge in [-0.1, -0.05) is 25.1 Å². The third-order valence-electron chi connectivity index (χ3n) is 3.38. The summed E-state index contributed by atoms with van der Waals surface area (Å²) in [6.45, 7) is 4.73. The first-order chi connectivity index (χ1) is 8.61. The Bertz CT molecular complexity index is 535. The average Bonchev–Trinajstić information content (AvgIpc) is 2.87. The summed E-state index contributed by atoms with van der Waals surface area (Å²) in [5.41, 5.74) is 6.96. The molecule has 0 aliphatic heterocycles. The third kappa shape index (κ3) is 2.04. The quantitative estimate of drug-likeness (QED) is 0.902. The molecule has 96 valence electrons. The van der Waals surface area contributed by atoms with E-state index in [-0.39, 0.29) is 5.82 Å². The highest BCUT2D eigenvalue weighted by atomic mass is 19.1. The van der Waals surface area contributed by atoms with Crippen LogP contribution in [0.25, 0.3) is 0 Å². The summed E-state index contributed by atoms with van der Waals surface area (Å²) in [5, 5.41) is 4.22. The monoisotopic (exact) mass is 247 g/mol. The van der Waals surface area contributed by atoms with E-state index in [1.54, 1.807) is 29.1 Å². The lowest BCUT2D eigenvalue weighted by Gasteiger charge is -2.28. The van der Waals surface area contributed by atoms with Crippen LogP contribution >= 0.6 is 0 Å². The van der Waals surface area contributed by atoms with Crippen LogP contribution in [0.4, 0.5) is 4.39 Å². The Morgan fingerprint density at radius 1 is 1.33 bits per heavy atom. The highest BCUT2D eigenvalue weighted by molar-refractivity contribution is 5.36. The maximum atomic E-state index is 13.9. The molecule has 0 saturated heterocycles. The first-order valence-corrected chi connectivity index (χ1v) is 6.18. The lowest BCUT2D eigenvalue weighted by molar-refractivity contribution is 0.478. The highest BCUT2D eigenvalue weighted by Crippen LogP contribution is 2.31. The molecule has 0 aliphatic rings. The summed E-state index contributed by atoms with van der Waals surface area (Å²) in [7, 11) is 0. The first-order valence-electron chi connectivity index (χ1n) is 6.18. The van der Waals surface area contributed by atoms with Gasteiger partial charge in [0, 0.05) is 23.9 Å². The van der Waals surface area contributed by atoms with Crippen LogP contribution in [0.1, 0.15) is 31.4 Å². The molecule has 1 heterocycles. The van der Waals surface area contributed by atoms with Crippen LogP contribution in [0.5, 0.6) is 0 Å². The van der Waals surface area contributed by atoms with Crippen molar-refractivity contribution in [3.8, 4) is 0 Å². The molecule has 0 saturated carbocycles. The topological polar surface area (TPSA) is 43.8 Å². The standard InChI is InChI=1S/C14H18FN3/c1-3-14(16,11-9-17-18(4-2)10-11)12-7-5-6-8-13(12)15/h5-10H,3-4,16H2,1-2H3. The van der Waals surface area contributed by atoms with E-state index in [0.29, 0.717) is 12.0 Å². The van der Waals surface area contributed by atoms with Crippen molar-refractivity contribution in [2.75, 3.05) is 0 Å². The minimum Gasteiger partial charge on any atom is -0.318 e. The maximum Gasteiger partial charge on any atom is 0.128 e. The fraction of sp³-hybridized carbons (Fsp3) is 0.357. The first kappa shape index (κ1) is 12.8. The third-order valence-corrected chi connectivity index (χ3v) is 3.38. The molecule has 1 atom stereocenters. The van der Waals surface area contributed by atoms with Crippen molar-refractivity contribution in [2.24, 2.45) is 5.73 Å². The van der Waals surface area contributed by atoms with Gasteiger partial charge in [-0.15, -0.1) is 0 Å². The molecule has 1 unspecified atom stereocenters. The van der Waals surface area contributed by atoms with Gasteiger partial charge in [-0.05, 0) is 19.4 Å². The van der Waals surface area contributed by atoms with Gasteiger partial charge in [0.05, 0.1) is 11.7 Å². The van der Waals surface area contributed by atoms with Crippen LogP contribution in [0.2, 0.25) is 0 Å². The zero-order valence-electron chi connectivity index (χ0n) is 10.7. The maximum absolute atomic E-state index is 13.9. The molecule has 18 heavy (non-hydrogen) atoms. The number of aromatic nitrogens is 2. The molecule has 0 bridgehead atoms. The molecule has 1 aromatic heterocycles. The van der Waals surface area contributed by atoms with Gasteiger partial charge in [0.25, 0.3) is 0 Å². The second-order valence-electron chi connectivity index (χ2n) is 4.39. The van der Waals surface area contributed by atoms with Gasteiger partial charge in [-0.3, -0.25) is 4.68 Å². The van der Waals surface area contributed by atoms with Gasteiger partial charge in [0.15, 0.2) is 0 Å². The largest absolute Gasteiger partial charge is 0.318 e. The van der Waals surface area contributed by atoms with Gasteiger partial charge in [0.1, 0.15) is 5.82 Å². The predicted molar refractivity (Wildman–Crippen MR) is 69.6 cm³/mol. The van der Waals surface area contributed by atoms with E-state index in [1.807, 2.05) is 20.0 Å². The Morgan fingerprint density at radius 2 is 2.06 bits per heavy atom. The van der Waals surface area contributed by atoms with E-state index in [4.69, 9.17) is 5.73 Å². The summed E-state index contributed by atoms with van der Waals surface area (Å²) < 4.78 is 15.7. The second-order valence-corrected chi connectivity index (χ2v) is 4.39. The van der Waals surface area contributed by atoms with Crippen LogP contribution < -0.4 is 5.73 Å². The Kier molecular flexibility index (Phi) is 3.48. The molecule has 2 N–H and O–H groups in total. The zero-order valence-corrected chi connectivity index (χ0v) is 10.7. The highest BCUT2D eigenvalue weighted by Gasteiger charge is 2.31. The summed E-state index contributed by atoms with van der Waals surface area (Å²) in [5.74, 6) is -0.272. The normalized spacial score (nSPS) is 14.4. The summed E-state index contributed by atoms with van der Waals surface area (Å²) in [6, 6.07) is 6.66. The molecule has 2 rings (SSSR count). The van der Waals surface area contributed by atoms with Crippen molar-refractivity contribution in [3.05, 3.63) is 53.6 Å². The van der Waals surface area contributed by atoms with Gasteiger partial charge >= 0.3 is 0 Å². The number of nitrogens with zero attached hydrogens (tertiary/aromatic N) is 2. The van der Waals surface area contributed by atoms with Gasteiger partial charge in [0.2, 0.25) is 0 Å². The van der Waals surface area contributed by atoms with Crippen LogP contribution in [-0.4, -0.2) is 9.78 Å². The number of halogens is 1. The predicted octanol–water partition coefficient (Wildman–Crippen LogP) is 2.65. The fourth-order valence-corrected chi connectivity index (χ4v) is 2.14. The van der Waals surface area contributed by atoms with Crippen molar-refractivity contribution in [1.82, 2.24) is 9.78 Å². The van der Waals surface area contributed by atoms with Gasteiger partial charge in [-0.2, -0.15) is 5.10 Å². The van der Waals surface area contributed by atoms with Gasteiger partial charge < -0.3 is 5.73 Å². The SMILES string of the molecule is CCn1cc(C(N)(CC)c2ccccc2F)cn1. The van der Waals surface area contributed by atoms with Crippen molar-refractivity contribution in [1.29, 1.82) is 0 Å². The molecular weight excluding hydrogens is 229 g/mol. The molecule has 0 spiro atoms. The molecule has 0 amide bonds. The molecule has 2 aromatic rings. The Labute approximate surface area is 106 Å². The average molecular weight is 247 g/mol. The number of nitrogens with two attached hydrogens (primary N) is 1. The molecule has 0 radical (unpaired) electrons. The van der Waals surface area contributed by atoms with Crippen molar-refractivity contribution in [3.63, 3.8) is 0 Å². The van der Waals surface area contributed by atoms with Crippen molar-refractivity contribution in [2.45, 2.75) is 32.4 Å². The van der Waals surface area contributed by atoms with Gasteiger partial charge in [-0.25, -0.2) is 4.39 Å². The number of hydrogen-bond donors (Lipinski definition) is 1. The molecule has 0 fully saturated rings. The molecular formula is C14H18FN3. The summed E-state index contributed by atoms with van der Waals surface area (Å²) in [6.07, 6.45) is 4.22. The lowest BCUT2D eigenvalue weighted by atomic mass is 9.83. The summed E-state index contributed by atoms with van der Waals surface area (Å²) in [4.78, 5) is 0. The van der Waals surface area contributed by atoms with E-state index in [0.717, 1.165) is 12.1 Å². The van der Waals surface area contributed by atoms with Crippen LogP contribution in [0.15, 0.2) is 36.7 Å². The van der Waals surface area contributed by atoms with E-state index < -0.39 is 5.54 Å². The van der Waals surface area contributed by atoms with Crippen LogP contribution in [0, 0.1) is 5.82 Å². The molecule has 3 nitrogen and oxygen atoms in total. The molecule has 1 aromatic carbocycles. The smallest absolute Gasteiger partial charge is 0.128 e. The summed E-state index contributed by atoms with van der Waals surface area (Å²) >= 11 is 0. The Balaban J connectivity index is 2.51. The number of aryl methyl sites for hydroxylation is 1. The number of hydrogen-bond acceptors (Lipinski definition) is 2. The lowest BCUT2D eigenvalue weighted by Crippen LogP contribution is -2.37. The second kappa shape index (κ2) is 4.90. The van der Waals surface area contributed by atoms with E-state index in [1.165, 1.54) is 6.07 Å². The van der Waals surface area contributed by atoms with E-state index in [2.05, 4.69) is 5.10 Å². The van der Waals surface area contributed by atoms with Crippen LogP contribution in [-0.2, 0) is 12.1 Å². The Hall–Kier alpha value is -1.68. The van der Waals surface area contributed by atoms with Crippen molar-refractivity contribution >= 4 is 0 Å². The minimum absolute atomic E-state index is 0.272.